The van der Waals surface area contributed by atoms with Gasteiger partial charge in [-0.3, -0.25) is 0 Å². The Bertz CT molecular complexity index is 4890. The van der Waals surface area contributed by atoms with Crippen molar-refractivity contribution >= 4 is 123 Å². The first kappa shape index (κ1) is 48.6. The van der Waals surface area contributed by atoms with Gasteiger partial charge in [-0.25, -0.2) is 0 Å². The molecular weight excluding hydrogens is 1040 g/mol. The Hall–Kier alpha value is -10.3. The van der Waals surface area contributed by atoms with E-state index in [2.05, 4.69) is 347 Å². The number of para-hydroxylation sites is 4. The molecule has 3 aromatic heterocycles. The van der Waals surface area contributed by atoms with Crippen molar-refractivity contribution in [3.63, 3.8) is 0 Å². The standard InChI is InChI=1S/C78H55N3Si2/c1-6-30-58(31-7-1)82(59-32-8-2-9-33-59,60-34-10-3-11-35-60)63-40-24-29-57(54-63)80-71-48-22-18-44-67(71)77-73(80)50-26-51-74(77)81-72-49-23-19-45-68(72)78-75(81)52-27-53-76(78)83(61-36-12-4-13-37-61,62-38-14-5-15-39-62)64-41-25-28-56(55-64)79-69-46-20-16-42-65(69)66-43-17-21-47-70(66)79/h1-55H. The highest BCUT2D eigenvalue weighted by molar-refractivity contribution is 7.21. The minimum Gasteiger partial charge on any atom is -0.309 e. The van der Waals surface area contributed by atoms with Gasteiger partial charge < -0.3 is 13.7 Å². The summed E-state index contributed by atoms with van der Waals surface area (Å²) < 4.78 is 7.56. The van der Waals surface area contributed by atoms with Crippen LogP contribution in [0.2, 0.25) is 0 Å². The quantitative estimate of drug-likeness (QED) is 0.0906. The first-order valence-electron chi connectivity index (χ1n) is 28.8. The van der Waals surface area contributed by atoms with Crippen molar-refractivity contribution in [2.24, 2.45) is 0 Å². The Morgan fingerprint density at radius 1 is 0.193 bits per heavy atom. The van der Waals surface area contributed by atoms with Gasteiger partial charge in [-0.1, -0.05) is 267 Å². The van der Waals surface area contributed by atoms with Crippen LogP contribution in [0.4, 0.5) is 0 Å². The highest BCUT2D eigenvalue weighted by Crippen LogP contribution is 2.40. The molecule has 0 aliphatic heterocycles. The van der Waals surface area contributed by atoms with Crippen LogP contribution in [0, 0.1) is 0 Å². The minimum atomic E-state index is -3.21. The van der Waals surface area contributed by atoms with Crippen LogP contribution >= 0.6 is 0 Å². The second kappa shape index (κ2) is 19.7. The molecule has 83 heavy (non-hydrogen) atoms. The zero-order valence-corrected chi connectivity index (χ0v) is 47.6. The average molecular weight is 1090 g/mol. The molecule has 0 radical (unpaired) electrons. The van der Waals surface area contributed by atoms with Crippen molar-refractivity contribution in [2.45, 2.75) is 0 Å². The van der Waals surface area contributed by atoms with Crippen molar-refractivity contribution < 1.29 is 0 Å². The molecular formula is C78H55N3Si2. The SMILES string of the molecule is c1ccc([Si](c2ccccc2)(c2ccccc2)c2cccc(-n3c4ccccc4c4c(-n5c6ccccc6c6c([Si](c7ccccc7)(c7ccccc7)c7cccc(-n8c9ccccc9c9ccccc98)c7)cccc65)cccc43)c2)cc1. The van der Waals surface area contributed by atoms with Crippen LogP contribution in [0.15, 0.2) is 334 Å². The topological polar surface area (TPSA) is 14.8 Å². The smallest absolute Gasteiger partial charge is 0.180 e. The molecule has 390 valence electrons. The van der Waals surface area contributed by atoms with Crippen LogP contribution in [-0.4, -0.2) is 29.8 Å². The summed E-state index contributed by atoms with van der Waals surface area (Å²) in [5.74, 6) is 0. The molecule has 0 aliphatic rings. The fourth-order valence-electron chi connectivity index (χ4n) is 14.4. The van der Waals surface area contributed by atoms with E-state index < -0.39 is 16.1 Å². The summed E-state index contributed by atoms with van der Waals surface area (Å²) in [6.07, 6.45) is 0. The maximum absolute atomic E-state index is 3.21. The van der Waals surface area contributed by atoms with Gasteiger partial charge in [0.15, 0.2) is 16.1 Å². The molecule has 13 aromatic carbocycles. The first-order chi connectivity index (χ1) is 41.2. The van der Waals surface area contributed by atoms with Crippen molar-refractivity contribution in [2.75, 3.05) is 0 Å². The summed E-state index contributed by atoms with van der Waals surface area (Å²) in [5, 5.41) is 18.2. The van der Waals surface area contributed by atoms with Gasteiger partial charge >= 0.3 is 0 Å². The highest BCUT2D eigenvalue weighted by Gasteiger charge is 2.44. The molecule has 3 heterocycles. The zero-order valence-electron chi connectivity index (χ0n) is 45.6. The molecule has 0 N–H and O–H groups in total. The van der Waals surface area contributed by atoms with Gasteiger partial charge in [0.2, 0.25) is 0 Å². The van der Waals surface area contributed by atoms with Gasteiger partial charge in [0.25, 0.3) is 0 Å². The number of nitrogens with zero attached hydrogens (tertiary/aromatic N) is 3. The van der Waals surface area contributed by atoms with E-state index in [4.69, 9.17) is 0 Å². The average Bonchev–Trinajstić information content (AvgIpc) is 3.72. The molecule has 0 amide bonds. The van der Waals surface area contributed by atoms with Crippen molar-refractivity contribution in [3.05, 3.63) is 334 Å². The van der Waals surface area contributed by atoms with E-state index in [0.29, 0.717) is 0 Å². The summed E-state index contributed by atoms with van der Waals surface area (Å²) in [7, 11) is -6.05. The fourth-order valence-corrected chi connectivity index (χ4v) is 24.2. The van der Waals surface area contributed by atoms with E-state index >= 15 is 0 Å². The van der Waals surface area contributed by atoms with Crippen LogP contribution in [0.5, 0.6) is 0 Å². The summed E-state index contributed by atoms with van der Waals surface area (Å²) >= 11 is 0. The molecule has 16 rings (SSSR count). The summed E-state index contributed by atoms with van der Waals surface area (Å²) in [4.78, 5) is 0. The molecule has 16 aromatic rings. The van der Waals surface area contributed by atoms with E-state index in [-0.39, 0.29) is 0 Å². The van der Waals surface area contributed by atoms with E-state index in [0.717, 1.165) is 22.6 Å². The van der Waals surface area contributed by atoms with Crippen LogP contribution in [-0.2, 0) is 0 Å². The lowest BCUT2D eigenvalue weighted by Gasteiger charge is -2.35. The predicted octanol–water partition coefficient (Wildman–Crippen LogP) is 13.7. The highest BCUT2D eigenvalue weighted by atomic mass is 28.3. The fraction of sp³-hybridized carbons (Fsp3) is 0. The summed E-state index contributed by atoms with van der Waals surface area (Å²) in [6.45, 7) is 0. The van der Waals surface area contributed by atoms with Gasteiger partial charge in [0, 0.05) is 43.7 Å². The molecule has 0 saturated heterocycles. The largest absolute Gasteiger partial charge is 0.309 e. The van der Waals surface area contributed by atoms with Crippen LogP contribution < -0.4 is 41.5 Å². The van der Waals surface area contributed by atoms with Crippen molar-refractivity contribution in [1.29, 1.82) is 0 Å². The Morgan fingerprint density at radius 2 is 0.494 bits per heavy atom. The van der Waals surface area contributed by atoms with Gasteiger partial charge in [-0.05, 0) is 108 Å². The first-order valence-corrected chi connectivity index (χ1v) is 32.8. The molecule has 0 saturated carbocycles. The number of hydrogen-bond donors (Lipinski definition) is 0. The minimum absolute atomic E-state index is 1.14. The van der Waals surface area contributed by atoms with E-state index in [9.17, 15) is 0 Å². The number of aromatic nitrogens is 3. The lowest BCUT2D eigenvalue weighted by molar-refractivity contribution is 1.17. The van der Waals surface area contributed by atoms with Gasteiger partial charge in [0.1, 0.15) is 0 Å². The summed E-state index contributed by atoms with van der Waals surface area (Å²) in [5.41, 5.74) is 10.5. The molecule has 0 unspecified atom stereocenters. The van der Waals surface area contributed by atoms with E-state index in [1.807, 2.05) is 0 Å². The maximum atomic E-state index is 2.57. The van der Waals surface area contributed by atoms with Gasteiger partial charge in [-0.2, -0.15) is 0 Å². The zero-order chi connectivity index (χ0) is 54.9. The molecule has 0 spiro atoms. The maximum Gasteiger partial charge on any atom is 0.180 e. The summed E-state index contributed by atoms with van der Waals surface area (Å²) in [6, 6.07) is 125. The Kier molecular flexibility index (Phi) is 11.6. The molecule has 0 atom stereocenters. The Morgan fingerprint density at radius 3 is 0.964 bits per heavy atom. The lowest BCUT2D eigenvalue weighted by Crippen LogP contribution is -2.74. The second-order valence-corrected chi connectivity index (χ2v) is 29.5. The van der Waals surface area contributed by atoms with Crippen LogP contribution in [0.1, 0.15) is 0 Å². The van der Waals surface area contributed by atoms with Gasteiger partial charge in [0.05, 0.1) is 38.8 Å². The van der Waals surface area contributed by atoms with Gasteiger partial charge in [-0.15, -0.1) is 0 Å². The number of rotatable bonds is 11. The number of fused-ring (bicyclic) bond motifs is 9. The number of benzene rings is 13. The van der Waals surface area contributed by atoms with E-state index in [1.54, 1.807) is 0 Å². The molecule has 0 fully saturated rings. The molecule has 0 bridgehead atoms. The van der Waals surface area contributed by atoms with E-state index in [1.165, 1.54) is 101 Å². The second-order valence-electron chi connectivity index (χ2n) is 21.9. The Balaban J connectivity index is 0.959. The van der Waals surface area contributed by atoms with Crippen LogP contribution in [0.25, 0.3) is 82.5 Å². The van der Waals surface area contributed by atoms with Crippen LogP contribution in [0.3, 0.4) is 0 Å². The Labute approximate surface area is 484 Å². The molecule has 0 aliphatic carbocycles. The third-order valence-electron chi connectivity index (χ3n) is 17.7. The van der Waals surface area contributed by atoms with Crippen molar-refractivity contribution in [1.82, 2.24) is 13.7 Å². The number of hydrogen-bond acceptors (Lipinski definition) is 0. The lowest BCUT2D eigenvalue weighted by atomic mass is 10.1. The van der Waals surface area contributed by atoms with Crippen molar-refractivity contribution in [3.8, 4) is 17.1 Å². The normalized spacial score (nSPS) is 12.1. The molecule has 3 nitrogen and oxygen atoms in total. The monoisotopic (exact) mass is 1090 g/mol. The molecule has 5 heteroatoms. The third-order valence-corrected chi connectivity index (χ3v) is 27.3. The predicted molar refractivity (Wildman–Crippen MR) is 357 cm³/mol. The third kappa shape index (κ3) is 7.35.